The van der Waals surface area contributed by atoms with E-state index in [-0.39, 0.29) is 18.1 Å². The van der Waals surface area contributed by atoms with Gasteiger partial charge < -0.3 is 5.11 Å². The third-order valence-corrected chi connectivity index (χ3v) is 8.95. The van der Waals surface area contributed by atoms with Crippen LogP contribution < -0.4 is 15.7 Å². The maximum absolute atomic E-state index is 14.6. The quantitative estimate of drug-likeness (QED) is 0.536. The molecule has 0 aliphatic heterocycles. The summed E-state index contributed by atoms with van der Waals surface area (Å²) in [6.45, 7) is 2.44. The van der Waals surface area contributed by atoms with E-state index in [1.807, 2.05) is 78.9 Å². The highest BCUT2D eigenvalue weighted by molar-refractivity contribution is 7.76. The number of nitrogens with one attached hydrogen (secondary N) is 1. The van der Waals surface area contributed by atoms with Gasteiger partial charge in [0.2, 0.25) is 7.29 Å². The summed E-state index contributed by atoms with van der Waals surface area (Å²) in [6, 6.07) is 29.7. The fourth-order valence-electron chi connectivity index (χ4n) is 4.42. The molecule has 29 heavy (non-hydrogen) atoms. The minimum Gasteiger partial charge on any atom is -0.396 e. The van der Waals surface area contributed by atoms with Gasteiger partial charge in [0.25, 0.3) is 0 Å². The van der Waals surface area contributed by atoms with Gasteiger partial charge in [-0.25, -0.2) is 0 Å². The van der Waals surface area contributed by atoms with Gasteiger partial charge in [-0.3, -0.25) is 9.65 Å². The smallest absolute Gasteiger partial charge is 0.205 e. The minimum atomic E-state index is -3.06. The molecule has 4 rings (SSSR count). The van der Waals surface area contributed by atoms with Crippen LogP contribution in [0.1, 0.15) is 31.4 Å². The Labute approximate surface area is 173 Å². The molecule has 0 radical (unpaired) electrons. The average Bonchev–Trinajstić information content (AvgIpc) is 3.44. The monoisotopic (exact) mass is 405 g/mol. The van der Waals surface area contributed by atoms with Crippen molar-refractivity contribution in [1.29, 1.82) is 0 Å². The van der Waals surface area contributed by atoms with Gasteiger partial charge in [-0.2, -0.15) is 0 Å². The Kier molecular flexibility index (Phi) is 5.74. The molecule has 3 nitrogen and oxygen atoms in total. The predicted molar refractivity (Wildman–Crippen MR) is 120 cm³/mol. The standard InChI is InChI=1S/C25H28NO2P/c1-25(19-21(25)17-18-27)24(20-11-5-2-6-12-20)26-29(28,22-13-7-3-8-14-22)23-15-9-4-10-16-23/h2-16,21,24,27H,17-19H2,1H3,(H,26,28)/t21?,24?,25-/m1/s1. The molecule has 150 valence electrons. The zero-order valence-electron chi connectivity index (χ0n) is 16.7. The minimum absolute atomic E-state index is 0.0384. The Bertz CT molecular complexity index is 934. The highest BCUT2D eigenvalue weighted by Gasteiger charge is 2.56. The van der Waals surface area contributed by atoms with Crippen molar-refractivity contribution >= 4 is 17.9 Å². The zero-order valence-corrected chi connectivity index (χ0v) is 17.6. The molecule has 2 unspecified atom stereocenters. The van der Waals surface area contributed by atoms with Gasteiger partial charge in [-0.1, -0.05) is 73.7 Å². The number of aliphatic hydroxyl groups is 1. The molecule has 0 aromatic heterocycles. The lowest BCUT2D eigenvalue weighted by atomic mass is 9.90. The Hall–Kier alpha value is -2.19. The van der Waals surface area contributed by atoms with E-state index in [0.29, 0.717) is 5.92 Å². The van der Waals surface area contributed by atoms with E-state index in [1.54, 1.807) is 0 Å². The second-order valence-electron chi connectivity index (χ2n) is 8.17. The molecule has 2 N–H and O–H groups in total. The van der Waals surface area contributed by atoms with Crippen LogP contribution in [0.15, 0.2) is 91.0 Å². The zero-order chi connectivity index (χ0) is 20.3. The van der Waals surface area contributed by atoms with E-state index in [1.165, 1.54) is 0 Å². The Morgan fingerprint density at radius 3 is 1.90 bits per heavy atom. The van der Waals surface area contributed by atoms with Gasteiger partial charge in [-0.05, 0) is 54.0 Å². The highest BCUT2D eigenvalue weighted by atomic mass is 31.2. The summed E-state index contributed by atoms with van der Waals surface area (Å²) in [5.74, 6) is 0.421. The van der Waals surface area contributed by atoms with Crippen LogP contribution in [-0.4, -0.2) is 11.7 Å². The first-order chi connectivity index (χ1) is 14.1. The van der Waals surface area contributed by atoms with E-state index >= 15 is 0 Å². The molecular weight excluding hydrogens is 377 g/mol. The topological polar surface area (TPSA) is 49.3 Å². The van der Waals surface area contributed by atoms with Gasteiger partial charge in [0.05, 0.1) is 0 Å². The van der Waals surface area contributed by atoms with Crippen molar-refractivity contribution in [1.82, 2.24) is 5.09 Å². The van der Waals surface area contributed by atoms with E-state index in [9.17, 15) is 9.67 Å². The highest BCUT2D eigenvalue weighted by Crippen LogP contribution is 2.63. The molecule has 3 aromatic carbocycles. The van der Waals surface area contributed by atoms with Crippen LogP contribution in [0.2, 0.25) is 0 Å². The van der Waals surface area contributed by atoms with Gasteiger partial charge in [0, 0.05) is 23.3 Å². The van der Waals surface area contributed by atoms with Crippen molar-refractivity contribution in [2.24, 2.45) is 11.3 Å². The summed E-state index contributed by atoms with van der Waals surface area (Å²) in [5, 5.41) is 14.7. The second kappa shape index (κ2) is 8.28. The molecule has 1 fully saturated rings. The summed E-state index contributed by atoms with van der Waals surface area (Å²) in [6.07, 6.45) is 1.80. The molecule has 0 amide bonds. The molecular formula is C25H28NO2P. The van der Waals surface area contributed by atoms with Gasteiger partial charge >= 0.3 is 0 Å². The molecule has 1 aliphatic carbocycles. The summed E-state index contributed by atoms with van der Waals surface area (Å²) in [5.41, 5.74) is 1.10. The molecule has 4 heteroatoms. The molecule has 0 saturated heterocycles. The van der Waals surface area contributed by atoms with Crippen LogP contribution in [0.5, 0.6) is 0 Å². The maximum atomic E-state index is 14.6. The van der Waals surface area contributed by atoms with Crippen LogP contribution in [0, 0.1) is 11.3 Å². The first-order valence-electron chi connectivity index (χ1n) is 10.2. The largest absolute Gasteiger partial charge is 0.396 e. The second-order valence-corrected chi connectivity index (χ2v) is 10.7. The molecule has 1 saturated carbocycles. The summed E-state index contributed by atoms with van der Waals surface area (Å²) < 4.78 is 14.6. The van der Waals surface area contributed by atoms with Crippen molar-refractivity contribution in [2.75, 3.05) is 6.61 Å². The van der Waals surface area contributed by atoms with Crippen LogP contribution in [-0.2, 0) is 4.57 Å². The fourth-order valence-corrected chi connectivity index (χ4v) is 7.01. The molecule has 0 bridgehead atoms. The average molecular weight is 405 g/mol. The first kappa shape index (κ1) is 20.1. The number of aliphatic hydroxyl groups excluding tert-OH is 1. The number of rotatable bonds is 8. The Balaban J connectivity index is 1.79. The van der Waals surface area contributed by atoms with E-state index in [2.05, 4.69) is 24.1 Å². The Morgan fingerprint density at radius 1 is 0.931 bits per heavy atom. The van der Waals surface area contributed by atoms with Gasteiger partial charge in [0.1, 0.15) is 0 Å². The lowest BCUT2D eigenvalue weighted by Gasteiger charge is -2.32. The lowest BCUT2D eigenvalue weighted by Crippen LogP contribution is -2.34. The van der Waals surface area contributed by atoms with Crippen molar-refractivity contribution in [2.45, 2.75) is 25.8 Å². The van der Waals surface area contributed by atoms with Crippen molar-refractivity contribution in [3.8, 4) is 0 Å². The van der Waals surface area contributed by atoms with Gasteiger partial charge in [-0.15, -0.1) is 0 Å². The molecule has 3 atom stereocenters. The predicted octanol–water partition coefficient (Wildman–Crippen LogP) is 4.66. The molecule has 1 aliphatic rings. The number of hydrogen-bond donors (Lipinski definition) is 2. The number of hydrogen-bond acceptors (Lipinski definition) is 2. The number of benzene rings is 3. The molecule has 0 heterocycles. The van der Waals surface area contributed by atoms with E-state index in [0.717, 1.165) is 29.0 Å². The molecule has 3 aromatic rings. The maximum Gasteiger partial charge on any atom is 0.205 e. The van der Waals surface area contributed by atoms with Gasteiger partial charge in [0.15, 0.2) is 0 Å². The first-order valence-corrected chi connectivity index (χ1v) is 11.9. The normalized spacial score (nSPS) is 22.2. The van der Waals surface area contributed by atoms with Crippen LogP contribution in [0.4, 0.5) is 0 Å². The molecule has 0 spiro atoms. The van der Waals surface area contributed by atoms with Crippen LogP contribution in [0.3, 0.4) is 0 Å². The van der Waals surface area contributed by atoms with E-state index in [4.69, 9.17) is 0 Å². The third kappa shape index (κ3) is 3.96. The fraction of sp³-hybridized carbons (Fsp3) is 0.280. The van der Waals surface area contributed by atoms with Crippen molar-refractivity contribution < 1.29 is 9.67 Å². The van der Waals surface area contributed by atoms with Crippen LogP contribution in [0.25, 0.3) is 0 Å². The lowest BCUT2D eigenvalue weighted by molar-refractivity contribution is 0.261. The summed E-state index contributed by atoms with van der Waals surface area (Å²) in [7, 11) is -3.06. The summed E-state index contributed by atoms with van der Waals surface area (Å²) in [4.78, 5) is 0. The SMILES string of the molecule is C[C@@]1(C(NP(=O)(c2ccccc2)c2ccccc2)c2ccccc2)CC1CCO. The van der Waals surface area contributed by atoms with Crippen LogP contribution >= 0.6 is 7.29 Å². The van der Waals surface area contributed by atoms with Crippen molar-refractivity contribution in [3.05, 3.63) is 96.6 Å². The van der Waals surface area contributed by atoms with E-state index < -0.39 is 7.29 Å². The third-order valence-electron chi connectivity index (χ3n) is 6.28. The van der Waals surface area contributed by atoms with Crippen molar-refractivity contribution in [3.63, 3.8) is 0 Å². The summed E-state index contributed by atoms with van der Waals surface area (Å²) >= 11 is 0. The Morgan fingerprint density at radius 2 is 1.41 bits per heavy atom.